The highest BCUT2D eigenvalue weighted by molar-refractivity contribution is 7.00. The molecule has 9 rings (SSSR count). The van der Waals surface area contributed by atoms with Crippen molar-refractivity contribution in [2.24, 2.45) is 0 Å². The molecule has 0 amide bonds. The van der Waals surface area contributed by atoms with E-state index in [0.717, 1.165) is 72.1 Å². The number of nitrogens with zero attached hydrogens (tertiary/aromatic N) is 3. The minimum Gasteiger partial charge on any atom is -0.311 e. The standard InChI is InChI=1S/C70H84BCl2N3/c1-41-27-51(72)28-42(2)63(41)75-58-25-23-45(65(5,6)7)37-56(58)71-57-38-46(66(8,9)10)24-26-59(57)76(64-43(3)29-52(73)30-44(64)4)61-40-55(39-60(75)62(61)71)74(53-33-47(67(11,12)13)31-48(34-53)68(14,15)16)54-35-49(69(17,18)19)32-50(36-54)70(20,21)22/h23-40H,1-22H3. The molecule has 7 aromatic rings. The Morgan fingerprint density at radius 2 is 0.605 bits per heavy atom. The Labute approximate surface area is 469 Å². The number of anilines is 9. The monoisotopic (exact) mass is 1050 g/mol. The van der Waals surface area contributed by atoms with Crippen molar-refractivity contribution in [2.45, 2.75) is 185 Å². The zero-order valence-electron chi connectivity index (χ0n) is 50.1. The van der Waals surface area contributed by atoms with Crippen molar-refractivity contribution in [2.75, 3.05) is 14.7 Å². The first kappa shape index (κ1) is 55.3. The van der Waals surface area contributed by atoms with Crippen LogP contribution in [0.15, 0.2) is 109 Å². The fraction of sp³-hybridized carbons (Fsp3) is 0.400. The summed E-state index contributed by atoms with van der Waals surface area (Å²) < 4.78 is 0. The highest BCUT2D eigenvalue weighted by Crippen LogP contribution is 2.52. The first-order valence-corrected chi connectivity index (χ1v) is 28.4. The van der Waals surface area contributed by atoms with Gasteiger partial charge in [0, 0.05) is 44.2 Å². The topological polar surface area (TPSA) is 9.72 Å². The number of aryl methyl sites for hydroxylation is 4. The molecule has 6 heteroatoms. The van der Waals surface area contributed by atoms with E-state index in [1.54, 1.807) is 0 Å². The summed E-state index contributed by atoms with van der Waals surface area (Å²) in [5.74, 6) is 0. The molecule has 2 heterocycles. The lowest BCUT2D eigenvalue weighted by Crippen LogP contribution is -2.62. The van der Waals surface area contributed by atoms with Crippen molar-refractivity contribution in [1.29, 1.82) is 0 Å². The third-order valence-corrected chi connectivity index (χ3v) is 16.7. The largest absolute Gasteiger partial charge is 0.311 e. The number of fused-ring (bicyclic) bond motifs is 4. The average Bonchev–Trinajstić information content (AvgIpc) is 3.27. The van der Waals surface area contributed by atoms with Crippen LogP contribution >= 0.6 is 23.2 Å². The van der Waals surface area contributed by atoms with Crippen molar-refractivity contribution >= 4 is 97.5 Å². The maximum atomic E-state index is 6.99. The van der Waals surface area contributed by atoms with Crippen molar-refractivity contribution in [3.63, 3.8) is 0 Å². The second-order valence-electron chi connectivity index (χ2n) is 28.7. The fourth-order valence-corrected chi connectivity index (χ4v) is 12.4. The van der Waals surface area contributed by atoms with E-state index >= 15 is 0 Å². The van der Waals surface area contributed by atoms with Crippen LogP contribution in [-0.2, 0) is 32.5 Å². The van der Waals surface area contributed by atoms with E-state index in [9.17, 15) is 0 Å². The molecule has 0 aromatic heterocycles. The van der Waals surface area contributed by atoms with Gasteiger partial charge in [-0.05, 0) is 205 Å². The summed E-state index contributed by atoms with van der Waals surface area (Å²) in [6, 6.07) is 43.0. The molecular weight excluding hydrogens is 965 g/mol. The highest BCUT2D eigenvalue weighted by Gasteiger charge is 2.46. The van der Waals surface area contributed by atoms with Gasteiger partial charge in [0.25, 0.3) is 6.71 Å². The summed E-state index contributed by atoms with van der Waals surface area (Å²) in [6.45, 7) is 51.0. The van der Waals surface area contributed by atoms with Gasteiger partial charge in [-0.15, -0.1) is 0 Å². The van der Waals surface area contributed by atoms with E-state index in [1.165, 1.54) is 61.1 Å². The van der Waals surface area contributed by atoms with Gasteiger partial charge < -0.3 is 14.7 Å². The summed E-state index contributed by atoms with van der Waals surface area (Å²) in [4.78, 5) is 7.78. The summed E-state index contributed by atoms with van der Waals surface area (Å²) >= 11 is 14.0. The lowest BCUT2D eigenvalue weighted by atomic mass is 9.33. The first-order valence-electron chi connectivity index (χ1n) is 27.7. The third-order valence-electron chi connectivity index (χ3n) is 16.2. The molecule has 3 nitrogen and oxygen atoms in total. The molecule has 0 aliphatic carbocycles. The van der Waals surface area contributed by atoms with E-state index < -0.39 is 0 Å². The van der Waals surface area contributed by atoms with Crippen LogP contribution in [0.2, 0.25) is 10.0 Å². The number of rotatable bonds is 5. The summed E-state index contributed by atoms with van der Waals surface area (Å²) in [5, 5.41) is 1.48. The molecule has 396 valence electrons. The Bertz CT molecular complexity index is 3130. The van der Waals surface area contributed by atoms with Gasteiger partial charge in [-0.2, -0.15) is 0 Å². The van der Waals surface area contributed by atoms with Crippen molar-refractivity contribution in [3.05, 3.63) is 175 Å². The zero-order valence-corrected chi connectivity index (χ0v) is 51.6. The number of halogens is 2. The molecule has 0 saturated carbocycles. The molecule has 2 aliphatic heterocycles. The molecule has 0 bridgehead atoms. The quantitative estimate of drug-likeness (QED) is 0.159. The second kappa shape index (κ2) is 18.6. The number of hydrogen-bond acceptors (Lipinski definition) is 3. The Morgan fingerprint density at radius 3 is 0.882 bits per heavy atom. The van der Waals surface area contributed by atoms with Crippen molar-refractivity contribution < 1.29 is 0 Å². The van der Waals surface area contributed by atoms with E-state index in [1.807, 2.05) is 0 Å². The molecule has 0 unspecified atom stereocenters. The van der Waals surface area contributed by atoms with Gasteiger partial charge in [0.05, 0.1) is 17.1 Å². The lowest BCUT2D eigenvalue weighted by Gasteiger charge is -2.46. The number of benzene rings is 7. The normalized spacial score (nSPS) is 14.0. The zero-order chi connectivity index (χ0) is 55.9. The smallest absolute Gasteiger partial charge is 0.252 e. The Kier molecular flexibility index (Phi) is 13.6. The first-order chi connectivity index (χ1) is 34.9. The molecular formula is C70H84BCl2N3. The summed E-state index contributed by atoms with van der Waals surface area (Å²) in [6.07, 6.45) is 0. The number of hydrogen-bond donors (Lipinski definition) is 0. The Morgan fingerprint density at radius 1 is 0.329 bits per heavy atom. The summed E-state index contributed by atoms with van der Waals surface area (Å²) in [7, 11) is 0. The molecule has 7 aromatic carbocycles. The fourth-order valence-electron chi connectivity index (χ4n) is 11.7. The molecule has 2 aliphatic rings. The van der Waals surface area contributed by atoms with Crippen molar-refractivity contribution in [3.8, 4) is 0 Å². The maximum absolute atomic E-state index is 6.99. The molecule has 0 radical (unpaired) electrons. The SMILES string of the molecule is Cc1cc(Cl)cc(C)c1N1c2ccc(C(C)(C)C)cc2B2c3cc(C(C)(C)C)ccc3N(c3c(C)cc(Cl)cc3C)c3cc(N(c4cc(C(C)(C)C)cc(C(C)(C)C)c4)c4cc(C(C)(C)C)cc(C(C)(C)C)c4)cc1c32. The van der Waals surface area contributed by atoms with Crippen LogP contribution in [0.4, 0.5) is 51.2 Å². The Hall–Kier alpha value is -5.42. The summed E-state index contributed by atoms with van der Waals surface area (Å²) in [5.41, 5.74) is 25.9. The molecule has 0 fully saturated rings. The second-order valence-corrected chi connectivity index (χ2v) is 29.6. The minimum absolute atomic E-state index is 0.0885. The van der Waals surface area contributed by atoms with Crippen LogP contribution in [0.1, 0.15) is 180 Å². The lowest BCUT2D eigenvalue weighted by molar-refractivity contribution is 0.568. The predicted octanol–water partition coefficient (Wildman–Crippen LogP) is 19.6. The molecule has 0 saturated heterocycles. The van der Waals surface area contributed by atoms with Gasteiger partial charge in [0.2, 0.25) is 0 Å². The van der Waals surface area contributed by atoms with E-state index in [-0.39, 0.29) is 39.2 Å². The van der Waals surface area contributed by atoms with Crippen LogP contribution in [0.3, 0.4) is 0 Å². The van der Waals surface area contributed by atoms with Gasteiger partial charge >= 0.3 is 0 Å². The van der Waals surface area contributed by atoms with Gasteiger partial charge in [-0.1, -0.05) is 184 Å². The van der Waals surface area contributed by atoms with Gasteiger partial charge in [-0.25, -0.2) is 0 Å². The van der Waals surface area contributed by atoms with Gasteiger partial charge in [-0.3, -0.25) is 0 Å². The Balaban J connectivity index is 1.54. The molecule has 0 N–H and O–H groups in total. The minimum atomic E-state index is -0.118. The van der Waals surface area contributed by atoms with Crippen LogP contribution in [-0.4, -0.2) is 6.71 Å². The molecule has 0 atom stereocenters. The molecule has 0 spiro atoms. The predicted molar refractivity (Wildman–Crippen MR) is 336 cm³/mol. The third kappa shape index (κ3) is 10.0. The average molecular weight is 1050 g/mol. The van der Waals surface area contributed by atoms with Crippen LogP contribution in [0.25, 0.3) is 0 Å². The van der Waals surface area contributed by atoms with E-state index in [4.69, 9.17) is 23.2 Å². The van der Waals surface area contributed by atoms with E-state index in [0.29, 0.717) is 0 Å². The van der Waals surface area contributed by atoms with Crippen LogP contribution in [0.5, 0.6) is 0 Å². The van der Waals surface area contributed by atoms with Crippen LogP contribution in [0, 0.1) is 27.7 Å². The highest BCUT2D eigenvalue weighted by atomic mass is 35.5. The van der Waals surface area contributed by atoms with E-state index in [2.05, 4.69) is 276 Å². The molecule has 76 heavy (non-hydrogen) atoms. The van der Waals surface area contributed by atoms with Crippen molar-refractivity contribution in [1.82, 2.24) is 0 Å². The van der Waals surface area contributed by atoms with Gasteiger partial charge in [0.1, 0.15) is 0 Å². The maximum Gasteiger partial charge on any atom is 0.252 e. The van der Waals surface area contributed by atoms with Crippen LogP contribution < -0.4 is 31.1 Å². The van der Waals surface area contributed by atoms with Gasteiger partial charge in [0.15, 0.2) is 0 Å².